The molecular weight excluding hydrogens is 308 g/mol. The van der Waals surface area contributed by atoms with Crippen LogP contribution in [0.2, 0.25) is 0 Å². The maximum Gasteiger partial charge on any atom is 0.287 e. The Balaban J connectivity index is 1.85. The second kappa shape index (κ2) is 7.44. The third-order valence-corrected chi connectivity index (χ3v) is 4.25. The average Bonchev–Trinajstić information content (AvgIpc) is 3.22. The number of methoxy groups -OCH3 is 1. The minimum Gasteiger partial charge on any atom is -0.383 e. The zero-order valence-corrected chi connectivity index (χ0v) is 13.7. The number of nitrogens with one attached hydrogen (secondary N) is 2. The highest BCUT2D eigenvalue weighted by molar-refractivity contribution is 6.02. The SMILES string of the molecule is COCCNC(=O)c1nc(C(=O)NC2CCCC2)n2ccccc12. The smallest absolute Gasteiger partial charge is 0.287 e. The lowest BCUT2D eigenvalue weighted by molar-refractivity contribution is 0.0926. The van der Waals surface area contributed by atoms with Gasteiger partial charge >= 0.3 is 0 Å². The van der Waals surface area contributed by atoms with Crippen LogP contribution >= 0.6 is 0 Å². The summed E-state index contributed by atoms with van der Waals surface area (Å²) in [5, 5.41) is 5.76. The first-order chi connectivity index (χ1) is 11.7. The number of hydrogen-bond donors (Lipinski definition) is 2. The largest absolute Gasteiger partial charge is 0.383 e. The van der Waals surface area contributed by atoms with Gasteiger partial charge < -0.3 is 15.4 Å². The van der Waals surface area contributed by atoms with E-state index in [9.17, 15) is 9.59 Å². The third-order valence-electron chi connectivity index (χ3n) is 4.25. The molecule has 7 nitrogen and oxygen atoms in total. The maximum absolute atomic E-state index is 12.6. The van der Waals surface area contributed by atoms with Gasteiger partial charge in [-0.25, -0.2) is 4.98 Å². The Bertz CT molecular complexity index is 735. The Morgan fingerprint density at radius 2 is 2.08 bits per heavy atom. The molecule has 0 aromatic carbocycles. The number of hydrogen-bond acceptors (Lipinski definition) is 4. The van der Waals surface area contributed by atoms with Crippen molar-refractivity contribution in [1.82, 2.24) is 20.0 Å². The van der Waals surface area contributed by atoms with Crippen LogP contribution in [-0.2, 0) is 4.74 Å². The van der Waals surface area contributed by atoms with Gasteiger partial charge in [0.05, 0.1) is 12.1 Å². The average molecular weight is 330 g/mol. The van der Waals surface area contributed by atoms with Crippen molar-refractivity contribution >= 4 is 17.3 Å². The predicted octanol–water partition coefficient (Wildman–Crippen LogP) is 1.38. The second-order valence-corrected chi connectivity index (χ2v) is 5.94. The number of nitrogens with zero attached hydrogens (tertiary/aromatic N) is 2. The molecule has 128 valence electrons. The molecule has 0 aliphatic heterocycles. The van der Waals surface area contributed by atoms with E-state index >= 15 is 0 Å². The van der Waals surface area contributed by atoms with Crippen LogP contribution in [0, 0.1) is 0 Å². The van der Waals surface area contributed by atoms with Crippen LogP contribution in [0.1, 0.15) is 46.8 Å². The molecule has 1 fully saturated rings. The van der Waals surface area contributed by atoms with E-state index in [0.29, 0.717) is 18.7 Å². The van der Waals surface area contributed by atoms with Crippen molar-refractivity contribution in [3.63, 3.8) is 0 Å². The molecule has 1 saturated carbocycles. The first kappa shape index (κ1) is 16.4. The molecule has 0 saturated heterocycles. The maximum atomic E-state index is 12.6. The minimum absolute atomic E-state index is 0.201. The summed E-state index contributed by atoms with van der Waals surface area (Å²) < 4.78 is 6.59. The molecule has 7 heteroatoms. The summed E-state index contributed by atoms with van der Waals surface area (Å²) in [7, 11) is 1.57. The van der Waals surface area contributed by atoms with Crippen molar-refractivity contribution in [2.24, 2.45) is 0 Å². The van der Waals surface area contributed by atoms with Gasteiger partial charge in [-0.2, -0.15) is 0 Å². The van der Waals surface area contributed by atoms with Crippen molar-refractivity contribution in [2.75, 3.05) is 20.3 Å². The summed E-state index contributed by atoms with van der Waals surface area (Å²) in [4.78, 5) is 29.2. The van der Waals surface area contributed by atoms with Gasteiger partial charge in [-0.1, -0.05) is 18.9 Å². The molecule has 0 atom stereocenters. The van der Waals surface area contributed by atoms with Gasteiger partial charge in [0.15, 0.2) is 5.69 Å². The number of fused-ring (bicyclic) bond motifs is 1. The number of pyridine rings is 1. The van der Waals surface area contributed by atoms with Gasteiger partial charge in [0.2, 0.25) is 5.82 Å². The molecule has 3 rings (SSSR count). The summed E-state index contributed by atoms with van der Waals surface area (Å²) in [6, 6.07) is 5.62. The normalized spacial score (nSPS) is 14.9. The number of rotatable bonds is 6. The minimum atomic E-state index is -0.310. The van der Waals surface area contributed by atoms with Gasteiger partial charge in [-0.3, -0.25) is 14.0 Å². The number of imidazole rings is 1. The van der Waals surface area contributed by atoms with E-state index in [-0.39, 0.29) is 29.4 Å². The molecule has 2 aromatic heterocycles. The first-order valence-electron chi connectivity index (χ1n) is 8.26. The van der Waals surface area contributed by atoms with Gasteiger partial charge in [0, 0.05) is 25.9 Å². The highest BCUT2D eigenvalue weighted by atomic mass is 16.5. The van der Waals surface area contributed by atoms with Crippen molar-refractivity contribution in [2.45, 2.75) is 31.7 Å². The van der Waals surface area contributed by atoms with Crippen LogP contribution in [0.3, 0.4) is 0 Å². The Labute approximate surface area is 140 Å². The van der Waals surface area contributed by atoms with Gasteiger partial charge in [0.25, 0.3) is 11.8 Å². The predicted molar refractivity (Wildman–Crippen MR) is 89.1 cm³/mol. The fourth-order valence-electron chi connectivity index (χ4n) is 3.04. The Hall–Kier alpha value is -2.41. The third kappa shape index (κ3) is 3.41. The Kier molecular flexibility index (Phi) is 5.10. The molecule has 2 heterocycles. The monoisotopic (exact) mass is 330 g/mol. The quantitative estimate of drug-likeness (QED) is 0.784. The molecule has 0 bridgehead atoms. The molecule has 24 heavy (non-hydrogen) atoms. The number of amides is 2. The van der Waals surface area contributed by atoms with E-state index in [2.05, 4.69) is 15.6 Å². The van der Waals surface area contributed by atoms with E-state index in [0.717, 1.165) is 25.7 Å². The highest BCUT2D eigenvalue weighted by Crippen LogP contribution is 2.19. The van der Waals surface area contributed by atoms with Crippen LogP contribution in [0.5, 0.6) is 0 Å². The summed E-state index contributed by atoms with van der Waals surface area (Å²) >= 11 is 0. The summed E-state index contributed by atoms with van der Waals surface area (Å²) in [6.45, 7) is 0.817. The number of carbonyl (C=O) groups is 2. The topological polar surface area (TPSA) is 84.7 Å². The molecular formula is C17H22N4O3. The van der Waals surface area contributed by atoms with Crippen LogP contribution in [-0.4, -0.2) is 47.5 Å². The zero-order valence-electron chi connectivity index (χ0n) is 13.7. The Morgan fingerprint density at radius 1 is 1.29 bits per heavy atom. The van der Waals surface area contributed by atoms with E-state index in [1.54, 1.807) is 23.8 Å². The van der Waals surface area contributed by atoms with Crippen LogP contribution < -0.4 is 10.6 Å². The molecule has 2 N–H and O–H groups in total. The fraction of sp³-hybridized carbons (Fsp3) is 0.471. The number of ether oxygens (including phenoxy) is 1. The fourth-order valence-corrected chi connectivity index (χ4v) is 3.04. The Morgan fingerprint density at radius 3 is 2.83 bits per heavy atom. The lowest BCUT2D eigenvalue weighted by Gasteiger charge is -2.10. The first-order valence-corrected chi connectivity index (χ1v) is 8.26. The van der Waals surface area contributed by atoms with E-state index < -0.39 is 0 Å². The van der Waals surface area contributed by atoms with Gasteiger partial charge in [0.1, 0.15) is 0 Å². The van der Waals surface area contributed by atoms with Crippen LogP contribution in [0.25, 0.3) is 5.52 Å². The lowest BCUT2D eigenvalue weighted by atomic mass is 10.2. The molecule has 2 amide bonds. The molecule has 1 aliphatic carbocycles. The molecule has 0 unspecified atom stereocenters. The van der Waals surface area contributed by atoms with Crippen LogP contribution in [0.15, 0.2) is 24.4 Å². The zero-order chi connectivity index (χ0) is 16.9. The van der Waals surface area contributed by atoms with Gasteiger partial charge in [-0.15, -0.1) is 0 Å². The van der Waals surface area contributed by atoms with E-state index in [1.807, 2.05) is 12.1 Å². The molecule has 0 spiro atoms. The van der Waals surface area contributed by atoms with Gasteiger partial charge in [-0.05, 0) is 25.0 Å². The molecule has 0 radical (unpaired) electrons. The molecule has 2 aromatic rings. The number of aromatic nitrogens is 2. The standard InChI is InChI=1S/C17H22N4O3/c1-24-11-9-18-16(22)14-13-8-4-5-10-21(13)15(20-14)17(23)19-12-6-2-3-7-12/h4-5,8,10,12H,2-3,6-7,9,11H2,1H3,(H,18,22)(H,19,23). The van der Waals surface area contributed by atoms with Crippen molar-refractivity contribution in [1.29, 1.82) is 0 Å². The van der Waals surface area contributed by atoms with Crippen molar-refractivity contribution in [3.8, 4) is 0 Å². The number of carbonyl (C=O) groups excluding carboxylic acids is 2. The second-order valence-electron chi connectivity index (χ2n) is 5.94. The molecule has 1 aliphatic rings. The summed E-state index contributed by atoms with van der Waals surface area (Å²) in [5.41, 5.74) is 0.868. The summed E-state index contributed by atoms with van der Waals surface area (Å²) in [6.07, 6.45) is 6.03. The van der Waals surface area contributed by atoms with E-state index in [1.165, 1.54) is 0 Å². The lowest BCUT2D eigenvalue weighted by Crippen LogP contribution is -2.34. The van der Waals surface area contributed by atoms with Crippen molar-refractivity contribution < 1.29 is 14.3 Å². The highest BCUT2D eigenvalue weighted by Gasteiger charge is 2.24. The van der Waals surface area contributed by atoms with Crippen molar-refractivity contribution in [3.05, 3.63) is 35.9 Å². The van der Waals surface area contributed by atoms with Crippen LogP contribution in [0.4, 0.5) is 0 Å². The summed E-state index contributed by atoms with van der Waals surface area (Å²) in [5.74, 6) is -0.302. The van der Waals surface area contributed by atoms with E-state index in [4.69, 9.17) is 4.74 Å².